The second-order valence-electron chi connectivity index (χ2n) is 8.43. The summed E-state index contributed by atoms with van der Waals surface area (Å²) in [6.07, 6.45) is 0.991. The summed E-state index contributed by atoms with van der Waals surface area (Å²) < 4.78 is 16.2. The number of nitrogens with zero attached hydrogens (tertiary/aromatic N) is 3. The van der Waals surface area contributed by atoms with Gasteiger partial charge in [-0.3, -0.25) is 14.5 Å². The number of hydrogen-bond acceptors (Lipinski definition) is 8. The number of hydrogen-bond donors (Lipinski definition) is 2. The molecule has 1 aromatic carbocycles. The molecule has 10 nitrogen and oxygen atoms in total. The SMILES string of the molecule is CCOCCN1CCC(O)(C(=O)N2CCN(Cc3ccc4c(c3)OCO4)CC2)CC1.O=CO. The van der Waals surface area contributed by atoms with Crippen molar-refractivity contribution in [1.82, 2.24) is 14.7 Å². The zero-order chi connectivity index (χ0) is 23.7. The number of benzene rings is 1. The second-order valence-corrected chi connectivity index (χ2v) is 8.43. The Kier molecular flexibility index (Phi) is 9.30. The van der Waals surface area contributed by atoms with Crippen molar-refractivity contribution in [2.75, 3.05) is 65.8 Å². The predicted octanol–water partition coefficient (Wildman–Crippen LogP) is 0.624. The van der Waals surface area contributed by atoms with Gasteiger partial charge in [0.05, 0.1) is 6.61 Å². The van der Waals surface area contributed by atoms with Crippen LogP contribution in [0.3, 0.4) is 0 Å². The van der Waals surface area contributed by atoms with Gasteiger partial charge in [0, 0.05) is 59.0 Å². The van der Waals surface area contributed by atoms with Crippen LogP contribution in [0.4, 0.5) is 0 Å². The van der Waals surface area contributed by atoms with E-state index in [1.54, 1.807) is 0 Å². The minimum atomic E-state index is -1.22. The maximum atomic E-state index is 13.0. The normalized spacial score (nSPS) is 20.1. The van der Waals surface area contributed by atoms with Crippen LogP contribution >= 0.6 is 0 Å². The number of amides is 1. The summed E-state index contributed by atoms with van der Waals surface area (Å²) in [5, 5.41) is 17.9. The third kappa shape index (κ3) is 6.80. The molecule has 0 saturated carbocycles. The van der Waals surface area contributed by atoms with Crippen molar-refractivity contribution in [2.24, 2.45) is 0 Å². The molecule has 0 atom stereocenters. The van der Waals surface area contributed by atoms with Crippen LogP contribution in [0.2, 0.25) is 0 Å². The largest absolute Gasteiger partial charge is 0.483 e. The average molecular weight is 466 g/mol. The molecule has 2 saturated heterocycles. The number of rotatable bonds is 7. The van der Waals surface area contributed by atoms with Gasteiger partial charge in [-0.2, -0.15) is 0 Å². The van der Waals surface area contributed by atoms with Crippen LogP contribution in [-0.2, 0) is 20.9 Å². The van der Waals surface area contributed by atoms with Gasteiger partial charge < -0.3 is 34.2 Å². The van der Waals surface area contributed by atoms with Gasteiger partial charge >= 0.3 is 0 Å². The van der Waals surface area contributed by atoms with Gasteiger partial charge in [-0.15, -0.1) is 0 Å². The van der Waals surface area contributed by atoms with Gasteiger partial charge in [0.1, 0.15) is 5.60 Å². The summed E-state index contributed by atoms with van der Waals surface area (Å²) in [5.41, 5.74) is -0.0428. The summed E-state index contributed by atoms with van der Waals surface area (Å²) in [7, 11) is 0. The van der Waals surface area contributed by atoms with E-state index in [0.29, 0.717) is 32.5 Å². The Hall–Kier alpha value is -2.40. The number of aliphatic hydroxyl groups is 1. The molecule has 1 aromatic rings. The highest BCUT2D eigenvalue weighted by Crippen LogP contribution is 2.33. The molecule has 3 aliphatic heterocycles. The van der Waals surface area contributed by atoms with Crippen molar-refractivity contribution in [3.05, 3.63) is 23.8 Å². The molecule has 2 N–H and O–H groups in total. The van der Waals surface area contributed by atoms with Gasteiger partial charge in [0.2, 0.25) is 6.79 Å². The Bertz CT molecular complexity index is 775. The highest BCUT2D eigenvalue weighted by atomic mass is 16.7. The van der Waals surface area contributed by atoms with Crippen LogP contribution in [0.15, 0.2) is 18.2 Å². The first-order valence-corrected chi connectivity index (χ1v) is 11.5. The third-order valence-electron chi connectivity index (χ3n) is 6.34. The van der Waals surface area contributed by atoms with Gasteiger partial charge in [-0.25, -0.2) is 0 Å². The number of piperazine rings is 1. The quantitative estimate of drug-likeness (QED) is 0.442. The molecule has 0 radical (unpaired) electrons. The number of likely N-dealkylation sites (tertiary alicyclic amines) is 1. The smallest absolute Gasteiger partial charge is 0.290 e. The molecule has 0 unspecified atom stereocenters. The predicted molar refractivity (Wildman–Crippen MR) is 120 cm³/mol. The fourth-order valence-electron chi connectivity index (χ4n) is 4.40. The molecular weight excluding hydrogens is 430 g/mol. The third-order valence-corrected chi connectivity index (χ3v) is 6.34. The van der Waals surface area contributed by atoms with Crippen molar-refractivity contribution < 1.29 is 34.0 Å². The summed E-state index contributed by atoms with van der Waals surface area (Å²) in [4.78, 5) is 27.8. The molecule has 0 bridgehead atoms. The maximum absolute atomic E-state index is 13.0. The maximum Gasteiger partial charge on any atom is 0.290 e. The Balaban J connectivity index is 0.000000968. The molecule has 0 aromatic heterocycles. The van der Waals surface area contributed by atoms with E-state index in [0.717, 1.165) is 57.4 Å². The Morgan fingerprint density at radius 3 is 2.42 bits per heavy atom. The minimum Gasteiger partial charge on any atom is -0.483 e. The molecule has 0 spiro atoms. The first-order valence-electron chi connectivity index (χ1n) is 11.5. The number of carboxylic acid groups (broad SMARTS) is 1. The first-order chi connectivity index (χ1) is 16.0. The zero-order valence-corrected chi connectivity index (χ0v) is 19.3. The van der Waals surface area contributed by atoms with E-state index in [-0.39, 0.29) is 19.2 Å². The fraction of sp³-hybridized carbons (Fsp3) is 0.652. The van der Waals surface area contributed by atoms with Crippen molar-refractivity contribution >= 4 is 12.4 Å². The van der Waals surface area contributed by atoms with Gasteiger partial charge in [0.25, 0.3) is 12.4 Å². The second kappa shape index (κ2) is 12.2. The molecule has 3 heterocycles. The minimum absolute atomic E-state index is 0.102. The molecule has 0 aliphatic carbocycles. The molecule has 184 valence electrons. The molecule has 1 amide bonds. The number of fused-ring (bicyclic) bond motifs is 1. The molecule has 10 heteroatoms. The van der Waals surface area contributed by atoms with E-state index >= 15 is 0 Å². The van der Waals surface area contributed by atoms with Crippen LogP contribution in [0, 0.1) is 0 Å². The zero-order valence-electron chi connectivity index (χ0n) is 19.3. The van der Waals surface area contributed by atoms with E-state index < -0.39 is 5.60 Å². The van der Waals surface area contributed by atoms with Gasteiger partial charge in [0.15, 0.2) is 11.5 Å². The number of piperidine rings is 1. The topological polar surface area (TPSA) is 112 Å². The van der Waals surface area contributed by atoms with Crippen LogP contribution in [0.5, 0.6) is 11.5 Å². The lowest BCUT2D eigenvalue weighted by Gasteiger charge is -2.42. The highest BCUT2D eigenvalue weighted by molar-refractivity contribution is 5.85. The molecular formula is C23H35N3O7. The fourth-order valence-corrected chi connectivity index (χ4v) is 4.40. The van der Waals surface area contributed by atoms with Crippen LogP contribution < -0.4 is 9.47 Å². The first kappa shape index (κ1) is 25.2. The summed E-state index contributed by atoms with van der Waals surface area (Å²) in [6, 6.07) is 6.04. The Morgan fingerprint density at radius 1 is 1.09 bits per heavy atom. The lowest BCUT2D eigenvalue weighted by molar-refractivity contribution is -0.158. The van der Waals surface area contributed by atoms with Gasteiger partial charge in [-0.05, 0) is 37.5 Å². The van der Waals surface area contributed by atoms with E-state index in [9.17, 15) is 9.90 Å². The van der Waals surface area contributed by atoms with Crippen molar-refractivity contribution in [3.8, 4) is 11.5 Å². The van der Waals surface area contributed by atoms with E-state index in [1.807, 2.05) is 24.0 Å². The number of carbonyl (C=O) groups excluding carboxylic acids is 1. The number of ether oxygens (including phenoxy) is 3. The van der Waals surface area contributed by atoms with E-state index in [4.69, 9.17) is 24.1 Å². The molecule has 33 heavy (non-hydrogen) atoms. The molecule has 2 fully saturated rings. The summed E-state index contributed by atoms with van der Waals surface area (Å²) in [5.74, 6) is 1.50. The van der Waals surface area contributed by atoms with E-state index in [2.05, 4.69) is 15.9 Å². The Morgan fingerprint density at radius 2 is 1.76 bits per heavy atom. The summed E-state index contributed by atoms with van der Waals surface area (Å²) >= 11 is 0. The standard InChI is InChI=1S/C22H33N3O5.CH2O2/c1-2-28-14-13-23-7-5-22(27,6-8-23)21(26)25-11-9-24(10-12-25)16-18-3-4-19-20(15-18)30-17-29-19;2-1-3/h3-4,15,27H,2,5-14,16-17H2,1H3;1H,(H,2,3). The van der Waals surface area contributed by atoms with Crippen molar-refractivity contribution in [3.63, 3.8) is 0 Å². The lowest BCUT2D eigenvalue weighted by atomic mass is 9.89. The van der Waals surface area contributed by atoms with Crippen LogP contribution in [0.1, 0.15) is 25.3 Å². The number of carbonyl (C=O) groups is 2. The summed E-state index contributed by atoms with van der Waals surface area (Å²) in [6.45, 7) is 9.50. The van der Waals surface area contributed by atoms with Crippen molar-refractivity contribution in [1.29, 1.82) is 0 Å². The van der Waals surface area contributed by atoms with Crippen LogP contribution in [0.25, 0.3) is 0 Å². The van der Waals surface area contributed by atoms with Crippen molar-refractivity contribution in [2.45, 2.75) is 31.9 Å². The monoisotopic (exact) mass is 465 g/mol. The lowest BCUT2D eigenvalue weighted by Crippen LogP contribution is -2.58. The average Bonchev–Trinajstić information content (AvgIpc) is 3.29. The Labute approximate surface area is 194 Å². The highest BCUT2D eigenvalue weighted by Gasteiger charge is 2.42. The van der Waals surface area contributed by atoms with Crippen LogP contribution in [-0.4, -0.2) is 109 Å². The molecule has 4 rings (SSSR count). The van der Waals surface area contributed by atoms with Gasteiger partial charge in [-0.1, -0.05) is 6.07 Å². The molecule has 3 aliphatic rings. The van der Waals surface area contributed by atoms with E-state index in [1.165, 1.54) is 5.56 Å².